The first-order valence-corrected chi connectivity index (χ1v) is 12.4. The van der Waals surface area contributed by atoms with Crippen molar-refractivity contribution < 1.29 is 23.3 Å². The second-order valence-electron chi connectivity index (χ2n) is 8.45. The molecular weight excluding hydrogens is 519 g/mol. The van der Waals surface area contributed by atoms with E-state index in [1.54, 1.807) is 32.6 Å². The molecule has 0 atom stereocenters. The summed E-state index contributed by atoms with van der Waals surface area (Å²) in [6.45, 7) is 3.70. The molecule has 1 aliphatic heterocycles. The topological polar surface area (TPSA) is 144 Å². The second-order valence-corrected chi connectivity index (χ2v) is 9.46. The lowest BCUT2D eigenvalue weighted by atomic mass is 10.1. The van der Waals surface area contributed by atoms with E-state index in [1.807, 2.05) is 6.92 Å². The molecule has 1 N–H and O–H groups in total. The van der Waals surface area contributed by atoms with Gasteiger partial charge in [0.25, 0.3) is 11.8 Å². The van der Waals surface area contributed by atoms with Gasteiger partial charge in [-0.3, -0.25) is 29.8 Å². The molecule has 1 aromatic carbocycles. The predicted molar refractivity (Wildman–Crippen MR) is 137 cm³/mol. The molecule has 0 aliphatic carbocycles. The van der Waals surface area contributed by atoms with Crippen LogP contribution in [0.4, 0.5) is 20.2 Å². The number of hydrogen-bond acceptors (Lipinski definition) is 9. The number of nitrogens with zero attached hydrogens (tertiary/aromatic N) is 5. The molecule has 1 aliphatic rings. The van der Waals surface area contributed by atoms with Crippen LogP contribution in [-0.4, -0.2) is 57.4 Å². The number of carbonyl (C=O) groups excluding carboxylic acids is 2. The fourth-order valence-corrected chi connectivity index (χ4v) is 4.97. The zero-order valence-electron chi connectivity index (χ0n) is 20.0. The average Bonchev–Trinajstić information content (AvgIpc) is 3.61. The molecule has 12 nitrogen and oxygen atoms in total. The van der Waals surface area contributed by atoms with E-state index in [-0.39, 0.29) is 38.4 Å². The molecule has 38 heavy (non-hydrogen) atoms. The van der Waals surface area contributed by atoms with Gasteiger partial charge < -0.3 is 18.8 Å². The van der Waals surface area contributed by atoms with Crippen molar-refractivity contribution in [2.24, 2.45) is 0 Å². The van der Waals surface area contributed by atoms with Crippen LogP contribution in [0.2, 0.25) is 0 Å². The number of pyridine rings is 1. The molecule has 1 fully saturated rings. The summed E-state index contributed by atoms with van der Waals surface area (Å²) >= 11 is 0.658. The highest BCUT2D eigenvalue weighted by molar-refractivity contribution is 7.18. The van der Waals surface area contributed by atoms with Crippen LogP contribution in [0.5, 0.6) is 0 Å². The van der Waals surface area contributed by atoms with E-state index in [0.29, 0.717) is 49.6 Å². The molecule has 0 unspecified atom stereocenters. The summed E-state index contributed by atoms with van der Waals surface area (Å²) in [5.41, 5.74) is -0.178. The number of furan rings is 1. The lowest BCUT2D eigenvalue weighted by Gasteiger charge is -2.36. The van der Waals surface area contributed by atoms with Crippen molar-refractivity contribution in [1.82, 2.24) is 14.5 Å². The average molecular weight is 541 g/mol. The Hall–Kier alpha value is -4.59. The summed E-state index contributed by atoms with van der Waals surface area (Å²) in [6.07, 6.45) is 3.82. The van der Waals surface area contributed by atoms with Gasteiger partial charge in [0.15, 0.2) is 10.9 Å². The Morgan fingerprint density at radius 1 is 1.26 bits per heavy atom. The van der Waals surface area contributed by atoms with Gasteiger partial charge in [0, 0.05) is 44.3 Å². The quantitative estimate of drug-likeness (QED) is 0.290. The van der Waals surface area contributed by atoms with E-state index in [2.05, 4.69) is 10.3 Å². The number of anilines is 2. The van der Waals surface area contributed by atoms with E-state index in [4.69, 9.17) is 4.42 Å². The minimum Gasteiger partial charge on any atom is -0.459 e. The Kier molecular flexibility index (Phi) is 6.63. The Bertz CT molecular complexity index is 1610. The van der Waals surface area contributed by atoms with Gasteiger partial charge in [-0.2, -0.15) is 0 Å². The van der Waals surface area contributed by atoms with Crippen molar-refractivity contribution in [2.45, 2.75) is 13.5 Å². The van der Waals surface area contributed by atoms with Crippen LogP contribution in [0.3, 0.4) is 0 Å². The fraction of sp³-hybridized carbons (Fsp3) is 0.250. The van der Waals surface area contributed by atoms with Crippen molar-refractivity contribution >= 4 is 49.9 Å². The minimum absolute atomic E-state index is 0.0255. The molecule has 14 heteroatoms. The van der Waals surface area contributed by atoms with Crippen molar-refractivity contribution in [3.63, 3.8) is 0 Å². The number of amides is 2. The van der Waals surface area contributed by atoms with Crippen molar-refractivity contribution in [3.8, 4) is 0 Å². The molecule has 0 saturated carbocycles. The maximum Gasteiger partial charge on any atom is 0.345 e. The standard InChI is InChI=1S/C24H21FN6O6S/c1-2-28-13-15(22(33)27-24-26-12-20(38-24)31(35)36)21(32)14-10-16(25)18(11-17(14)28)29-5-7-30(8-6-29)23(34)19-4-3-9-37-19/h3-4,9-13H,2,5-8H2,1H3,(H,26,27,33). The summed E-state index contributed by atoms with van der Waals surface area (Å²) in [6, 6.07) is 5.93. The molecule has 0 bridgehead atoms. The number of benzene rings is 1. The van der Waals surface area contributed by atoms with Gasteiger partial charge in [0.05, 0.1) is 22.4 Å². The van der Waals surface area contributed by atoms with Gasteiger partial charge in [-0.1, -0.05) is 0 Å². The second kappa shape index (κ2) is 10.0. The normalized spacial score (nSPS) is 13.6. The van der Waals surface area contributed by atoms with Crippen LogP contribution < -0.4 is 15.6 Å². The first-order chi connectivity index (χ1) is 18.3. The smallest absolute Gasteiger partial charge is 0.345 e. The van der Waals surface area contributed by atoms with Crippen molar-refractivity contribution in [1.29, 1.82) is 0 Å². The van der Waals surface area contributed by atoms with Gasteiger partial charge in [0.2, 0.25) is 5.43 Å². The first kappa shape index (κ1) is 25.1. The highest BCUT2D eigenvalue weighted by atomic mass is 32.1. The summed E-state index contributed by atoms with van der Waals surface area (Å²) in [4.78, 5) is 56.0. The number of rotatable bonds is 6. The number of halogens is 1. The molecule has 5 rings (SSSR count). The van der Waals surface area contributed by atoms with Crippen molar-refractivity contribution in [3.05, 3.63) is 80.4 Å². The van der Waals surface area contributed by atoms with Gasteiger partial charge >= 0.3 is 5.00 Å². The third-order valence-electron chi connectivity index (χ3n) is 6.27. The Balaban J connectivity index is 1.41. The van der Waals surface area contributed by atoms with E-state index in [1.165, 1.54) is 12.5 Å². The number of nitro groups is 1. The molecule has 1 saturated heterocycles. The minimum atomic E-state index is -0.801. The SMILES string of the molecule is CCn1cc(C(=O)Nc2ncc([N+](=O)[O-])s2)c(=O)c2cc(F)c(N3CCN(C(=O)c4ccco4)CC3)cc21. The molecule has 0 spiro atoms. The van der Waals surface area contributed by atoms with Crippen LogP contribution in [0, 0.1) is 15.9 Å². The van der Waals surface area contributed by atoms with Crippen LogP contribution in [0.25, 0.3) is 10.9 Å². The van der Waals surface area contributed by atoms with Crippen LogP contribution in [0.15, 0.2) is 52.1 Å². The molecule has 0 radical (unpaired) electrons. The van der Waals surface area contributed by atoms with Gasteiger partial charge in [-0.05, 0) is 42.5 Å². The van der Waals surface area contributed by atoms with Crippen molar-refractivity contribution in [2.75, 3.05) is 36.4 Å². The lowest BCUT2D eigenvalue weighted by Crippen LogP contribution is -2.49. The molecule has 4 heterocycles. The number of thiazole rings is 1. The Morgan fingerprint density at radius 3 is 2.66 bits per heavy atom. The van der Waals surface area contributed by atoms with Crippen LogP contribution in [0.1, 0.15) is 27.8 Å². The number of fused-ring (bicyclic) bond motifs is 1. The predicted octanol–water partition coefficient (Wildman–Crippen LogP) is 3.33. The Morgan fingerprint density at radius 2 is 2.03 bits per heavy atom. The van der Waals surface area contributed by atoms with Crippen LogP contribution >= 0.6 is 11.3 Å². The van der Waals surface area contributed by atoms with E-state index in [9.17, 15) is 24.5 Å². The molecule has 196 valence electrons. The van der Waals surface area contributed by atoms with Gasteiger partial charge in [-0.15, -0.1) is 0 Å². The lowest BCUT2D eigenvalue weighted by molar-refractivity contribution is -0.380. The van der Waals surface area contributed by atoms with E-state index in [0.717, 1.165) is 12.3 Å². The third-order valence-corrected chi connectivity index (χ3v) is 7.13. The van der Waals surface area contributed by atoms with Gasteiger partial charge in [-0.25, -0.2) is 9.37 Å². The number of hydrogen-bond donors (Lipinski definition) is 1. The first-order valence-electron chi connectivity index (χ1n) is 11.6. The number of nitrogens with one attached hydrogen (secondary N) is 1. The monoisotopic (exact) mass is 540 g/mol. The molecule has 4 aromatic rings. The summed E-state index contributed by atoms with van der Waals surface area (Å²) in [7, 11) is 0. The molecule has 3 aromatic heterocycles. The van der Waals surface area contributed by atoms with E-state index >= 15 is 4.39 Å². The largest absolute Gasteiger partial charge is 0.459 e. The summed E-state index contributed by atoms with van der Waals surface area (Å²) in [5.74, 6) is -1.41. The third kappa shape index (κ3) is 4.61. The number of aromatic nitrogens is 2. The highest BCUT2D eigenvalue weighted by Gasteiger charge is 2.26. The number of aryl methyl sites for hydroxylation is 1. The highest BCUT2D eigenvalue weighted by Crippen LogP contribution is 2.28. The molecule has 2 amide bonds. The maximum absolute atomic E-state index is 15.3. The van der Waals surface area contributed by atoms with Gasteiger partial charge in [0.1, 0.15) is 17.6 Å². The van der Waals surface area contributed by atoms with Crippen LogP contribution in [-0.2, 0) is 6.54 Å². The fourth-order valence-electron chi connectivity index (χ4n) is 4.34. The Labute approximate surface area is 218 Å². The number of carbonyl (C=O) groups is 2. The van der Waals surface area contributed by atoms with E-state index < -0.39 is 22.1 Å². The number of piperazine rings is 1. The summed E-state index contributed by atoms with van der Waals surface area (Å²) < 4.78 is 22.1. The maximum atomic E-state index is 15.3. The molecular formula is C24H21FN6O6S. The zero-order valence-corrected chi connectivity index (χ0v) is 20.9. The zero-order chi connectivity index (χ0) is 27.0. The summed E-state index contributed by atoms with van der Waals surface area (Å²) in [5, 5.41) is 13.0.